The molecule has 0 aliphatic carbocycles. The Morgan fingerprint density at radius 1 is 1.14 bits per heavy atom. The maximum absolute atomic E-state index is 12.4. The van der Waals surface area contributed by atoms with E-state index in [1.165, 1.54) is 16.9 Å². The predicted molar refractivity (Wildman–Crippen MR) is 109 cm³/mol. The van der Waals surface area contributed by atoms with Crippen LogP contribution in [0, 0.1) is 13.8 Å². The summed E-state index contributed by atoms with van der Waals surface area (Å²) >= 11 is 1.51. The molecule has 7 heteroatoms. The van der Waals surface area contributed by atoms with Crippen LogP contribution in [0.25, 0.3) is 10.6 Å². The van der Waals surface area contributed by atoms with Crippen LogP contribution in [0.15, 0.2) is 47.8 Å². The van der Waals surface area contributed by atoms with Crippen LogP contribution in [0.5, 0.6) is 5.75 Å². The van der Waals surface area contributed by atoms with Crippen LogP contribution in [0.1, 0.15) is 16.8 Å². The molecule has 6 nitrogen and oxygen atoms in total. The third-order valence-corrected chi connectivity index (χ3v) is 4.97. The smallest absolute Gasteiger partial charge is 0.341 e. The number of rotatable bonds is 7. The van der Waals surface area contributed by atoms with Gasteiger partial charge in [0, 0.05) is 16.6 Å². The van der Waals surface area contributed by atoms with E-state index in [-0.39, 0.29) is 12.3 Å². The van der Waals surface area contributed by atoms with Crippen molar-refractivity contribution in [3.63, 3.8) is 0 Å². The van der Waals surface area contributed by atoms with Crippen molar-refractivity contribution >= 4 is 28.9 Å². The number of nitrogens with one attached hydrogen (secondary N) is 1. The highest BCUT2D eigenvalue weighted by Gasteiger charge is 2.11. The minimum atomic E-state index is -1.04. The zero-order chi connectivity index (χ0) is 20.1. The topological polar surface area (TPSA) is 88.5 Å². The Balaban J connectivity index is 1.61. The van der Waals surface area contributed by atoms with Gasteiger partial charge in [-0.25, -0.2) is 9.78 Å². The average Bonchev–Trinajstić information content (AvgIpc) is 3.11. The minimum absolute atomic E-state index is 0.164. The summed E-state index contributed by atoms with van der Waals surface area (Å²) in [5, 5.41) is 14.3. The van der Waals surface area contributed by atoms with E-state index in [2.05, 4.69) is 10.3 Å². The highest BCUT2D eigenvalue weighted by Crippen LogP contribution is 2.25. The molecular formula is C21H20N2O4S. The SMILES string of the molecule is Cc1ccc(-c2nc(CC(=O)Nc3ccc(OCC(=O)O)cc3C)cs2)cc1. The number of carboxylic acid groups (broad SMARTS) is 1. The Kier molecular flexibility index (Phi) is 6.06. The zero-order valence-corrected chi connectivity index (χ0v) is 16.4. The number of amides is 1. The van der Waals surface area contributed by atoms with Crippen LogP contribution >= 0.6 is 11.3 Å². The highest BCUT2D eigenvalue weighted by molar-refractivity contribution is 7.13. The summed E-state index contributed by atoms with van der Waals surface area (Å²) in [6, 6.07) is 13.1. The number of benzene rings is 2. The molecule has 2 N–H and O–H groups in total. The third-order valence-electron chi connectivity index (χ3n) is 4.03. The molecule has 0 unspecified atom stereocenters. The molecule has 0 saturated heterocycles. The maximum atomic E-state index is 12.4. The van der Waals surface area contributed by atoms with E-state index < -0.39 is 12.6 Å². The van der Waals surface area contributed by atoms with E-state index >= 15 is 0 Å². The van der Waals surface area contributed by atoms with E-state index in [9.17, 15) is 9.59 Å². The van der Waals surface area contributed by atoms with Crippen LogP contribution in [0.4, 0.5) is 5.69 Å². The van der Waals surface area contributed by atoms with Gasteiger partial charge in [0.1, 0.15) is 10.8 Å². The number of anilines is 1. The number of aliphatic carboxylic acids is 1. The molecule has 1 heterocycles. The molecule has 28 heavy (non-hydrogen) atoms. The first kappa shape index (κ1) is 19.6. The summed E-state index contributed by atoms with van der Waals surface area (Å²) in [4.78, 5) is 27.5. The first-order valence-electron chi connectivity index (χ1n) is 8.67. The fraction of sp³-hybridized carbons (Fsp3) is 0.190. The van der Waals surface area contributed by atoms with Crippen molar-refractivity contribution in [1.82, 2.24) is 4.98 Å². The molecule has 0 atom stereocenters. The van der Waals surface area contributed by atoms with Crippen LogP contribution in [0.3, 0.4) is 0 Å². The fourth-order valence-electron chi connectivity index (χ4n) is 2.59. The van der Waals surface area contributed by atoms with Gasteiger partial charge in [0.2, 0.25) is 5.91 Å². The Morgan fingerprint density at radius 2 is 1.89 bits per heavy atom. The van der Waals surface area contributed by atoms with Gasteiger partial charge in [-0.2, -0.15) is 0 Å². The lowest BCUT2D eigenvalue weighted by molar-refractivity contribution is -0.139. The Hall–Kier alpha value is -3.19. The Labute approximate surface area is 166 Å². The molecule has 2 aromatic carbocycles. The van der Waals surface area contributed by atoms with Crippen molar-refractivity contribution < 1.29 is 19.4 Å². The first-order chi connectivity index (χ1) is 13.4. The quantitative estimate of drug-likeness (QED) is 0.628. The van der Waals surface area contributed by atoms with Gasteiger partial charge in [-0.3, -0.25) is 4.79 Å². The van der Waals surface area contributed by atoms with Gasteiger partial charge in [-0.15, -0.1) is 11.3 Å². The lowest BCUT2D eigenvalue weighted by Crippen LogP contribution is -2.15. The third kappa shape index (κ3) is 5.17. The van der Waals surface area contributed by atoms with Gasteiger partial charge in [0.05, 0.1) is 12.1 Å². The standard InChI is InChI=1S/C21H20N2O4S/c1-13-3-5-15(6-4-13)21-22-16(12-28-21)10-19(24)23-18-8-7-17(9-14(18)2)27-11-20(25)26/h3-9,12H,10-11H2,1-2H3,(H,23,24)(H,25,26). The van der Waals surface area contributed by atoms with Gasteiger partial charge in [0.15, 0.2) is 6.61 Å². The molecule has 1 aromatic heterocycles. The van der Waals surface area contributed by atoms with E-state index in [1.807, 2.05) is 43.5 Å². The summed E-state index contributed by atoms with van der Waals surface area (Å²) in [6.45, 7) is 3.45. The Bertz CT molecular complexity index is 996. The number of aromatic nitrogens is 1. The summed E-state index contributed by atoms with van der Waals surface area (Å²) in [5.41, 5.74) is 4.39. The predicted octanol–water partition coefficient (Wildman–Crippen LogP) is 4.07. The molecule has 1 amide bonds. The largest absolute Gasteiger partial charge is 0.482 e. The highest BCUT2D eigenvalue weighted by atomic mass is 32.1. The number of hydrogen-bond donors (Lipinski definition) is 2. The van der Waals surface area contributed by atoms with E-state index in [0.717, 1.165) is 21.8 Å². The molecule has 0 spiro atoms. The molecular weight excluding hydrogens is 376 g/mol. The van der Waals surface area contributed by atoms with E-state index in [1.54, 1.807) is 18.2 Å². The number of thiazole rings is 1. The molecule has 0 fully saturated rings. The second kappa shape index (κ2) is 8.67. The molecule has 3 rings (SSSR count). The molecule has 3 aromatic rings. The van der Waals surface area contributed by atoms with Crippen LogP contribution in [-0.2, 0) is 16.0 Å². The van der Waals surface area contributed by atoms with Gasteiger partial charge in [-0.1, -0.05) is 29.8 Å². The molecule has 0 aliphatic rings. The lowest BCUT2D eigenvalue weighted by atomic mass is 10.1. The number of carbonyl (C=O) groups excluding carboxylic acids is 1. The van der Waals surface area contributed by atoms with Crippen molar-refractivity contribution in [2.75, 3.05) is 11.9 Å². The second-order valence-corrected chi connectivity index (χ2v) is 7.25. The summed E-state index contributed by atoms with van der Waals surface area (Å²) in [6.07, 6.45) is 0.180. The first-order valence-corrected chi connectivity index (χ1v) is 9.55. The monoisotopic (exact) mass is 396 g/mol. The van der Waals surface area contributed by atoms with Gasteiger partial charge in [0.25, 0.3) is 0 Å². The van der Waals surface area contributed by atoms with Crippen LogP contribution < -0.4 is 10.1 Å². The average molecular weight is 396 g/mol. The van der Waals surface area contributed by atoms with Crippen LogP contribution in [0.2, 0.25) is 0 Å². The lowest BCUT2D eigenvalue weighted by Gasteiger charge is -2.10. The minimum Gasteiger partial charge on any atom is -0.482 e. The molecule has 144 valence electrons. The number of nitrogens with zero attached hydrogens (tertiary/aromatic N) is 1. The number of aryl methyl sites for hydroxylation is 2. The molecule has 0 radical (unpaired) electrons. The fourth-order valence-corrected chi connectivity index (χ4v) is 3.41. The second-order valence-electron chi connectivity index (χ2n) is 6.39. The number of carbonyl (C=O) groups is 2. The van der Waals surface area contributed by atoms with Gasteiger partial charge < -0.3 is 15.2 Å². The summed E-state index contributed by atoms with van der Waals surface area (Å²) in [7, 11) is 0. The number of ether oxygens (including phenoxy) is 1. The normalized spacial score (nSPS) is 10.5. The summed E-state index contributed by atoms with van der Waals surface area (Å²) in [5.74, 6) is -0.758. The van der Waals surface area contributed by atoms with Crippen LogP contribution in [-0.4, -0.2) is 28.6 Å². The zero-order valence-electron chi connectivity index (χ0n) is 15.6. The summed E-state index contributed by atoms with van der Waals surface area (Å²) < 4.78 is 5.14. The van der Waals surface area contributed by atoms with Crippen molar-refractivity contribution in [3.8, 4) is 16.3 Å². The Morgan fingerprint density at radius 3 is 2.57 bits per heavy atom. The van der Waals surface area contributed by atoms with Gasteiger partial charge >= 0.3 is 5.97 Å². The molecule has 0 bridgehead atoms. The van der Waals surface area contributed by atoms with Crippen molar-refractivity contribution in [2.24, 2.45) is 0 Å². The number of hydrogen-bond acceptors (Lipinski definition) is 5. The van der Waals surface area contributed by atoms with E-state index in [0.29, 0.717) is 11.4 Å². The van der Waals surface area contributed by atoms with Crippen molar-refractivity contribution in [1.29, 1.82) is 0 Å². The maximum Gasteiger partial charge on any atom is 0.341 e. The molecule has 0 aliphatic heterocycles. The number of carboxylic acids is 1. The molecule has 0 saturated carbocycles. The van der Waals surface area contributed by atoms with Gasteiger partial charge in [-0.05, 0) is 37.6 Å². The van der Waals surface area contributed by atoms with Crippen molar-refractivity contribution in [2.45, 2.75) is 20.3 Å². The van der Waals surface area contributed by atoms with E-state index in [4.69, 9.17) is 9.84 Å². The van der Waals surface area contributed by atoms with Crippen molar-refractivity contribution in [3.05, 3.63) is 64.7 Å².